The van der Waals surface area contributed by atoms with Crippen molar-refractivity contribution < 1.29 is 24.2 Å². The summed E-state index contributed by atoms with van der Waals surface area (Å²) in [7, 11) is 1.57. The van der Waals surface area contributed by atoms with E-state index < -0.39 is 5.97 Å². The Labute approximate surface area is 107 Å². The fraction of sp³-hybridized carbons (Fsp3) is 0.833. The lowest BCUT2D eigenvalue weighted by Gasteiger charge is -2.25. The average molecular weight is 259 g/mol. The molecule has 0 saturated heterocycles. The predicted molar refractivity (Wildman–Crippen MR) is 64.2 cm³/mol. The van der Waals surface area contributed by atoms with E-state index >= 15 is 0 Å². The van der Waals surface area contributed by atoms with Crippen molar-refractivity contribution in [2.24, 2.45) is 5.92 Å². The molecule has 0 heterocycles. The molecule has 0 aromatic carbocycles. The fourth-order valence-corrected chi connectivity index (χ4v) is 2.01. The molecule has 0 atom stereocenters. The van der Waals surface area contributed by atoms with E-state index in [9.17, 15) is 9.59 Å². The number of nitrogens with one attached hydrogen (secondary N) is 1. The van der Waals surface area contributed by atoms with E-state index in [1.54, 1.807) is 7.11 Å². The van der Waals surface area contributed by atoms with Gasteiger partial charge in [-0.2, -0.15) is 0 Å². The molecule has 0 unspecified atom stereocenters. The van der Waals surface area contributed by atoms with Crippen molar-refractivity contribution in [3.63, 3.8) is 0 Å². The lowest BCUT2D eigenvalue weighted by atomic mass is 9.87. The normalized spacial score (nSPS) is 23.6. The molecule has 0 aromatic rings. The maximum Gasteiger partial charge on any atom is 0.306 e. The molecule has 6 heteroatoms. The molecule has 1 rings (SSSR count). The molecule has 1 aliphatic rings. The van der Waals surface area contributed by atoms with E-state index in [1.165, 1.54) is 0 Å². The second kappa shape index (κ2) is 8.05. The van der Waals surface area contributed by atoms with Crippen LogP contribution in [-0.4, -0.2) is 50.0 Å². The number of hydrogen-bond acceptors (Lipinski definition) is 4. The maximum atomic E-state index is 11.3. The predicted octanol–water partition coefficient (Wildman–Crippen LogP) is 0.409. The maximum absolute atomic E-state index is 11.3. The third-order valence-electron chi connectivity index (χ3n) is 3.10. The Morgan fingerprint density at radius 1 is 1.28 bits per heavy atom. The fourth-order valence-electron chi connectivity index (χ4n) is 2.01. The smallest absolute Gasteiger partial charge is 0.306 e. The zero-order chi connectivity index (χ0) is 13.4. The standard InChI is InChI=1S/C12H21NO5/c1-17-7-6-13-11(14)8-18-10-4-2-9(3-5-10)12(15)16/h9-10H,2-8H2,1H3,(H,13,14)(H,15,16). The molecular formula is C12H21NO5. The van der Waals surface area contributed by atoms with Crippen LogP contribution in [0.3, 0.4) is 0 Å². The molecule has 0 aromatic heterocycles. The number of rotatable bonds is 7. The summed E-state index contributed by atoms with van der Waals surface area (Å²) in [5.74, 6) is -1.14. The molecule has 0 aliphatic heterocycles. The number of methoxy groups -OCH3 is 1. The van der Waals surface area contributed by atoms with Gasteiger partial charge in [0.05, 0.1) is 18.6 Å². The van der Waals surface area contributed by atoms with Gasteiger partial charge in [0.2, 0.25) is 5.91 Å². The Balaban J connectivity index is 2.10. The van der Waals surface area contributed by atoms with Crippen LogP contribution in [-0.2, 0) is 19.1 Å². The monoisotopic (exact) mass is 259 g/mol. The summed E-state index contributed by atoms with van der Waals surface area (Å²) in [6, 6.07) is 0. The van der Waals surface area contributed by atoms with E-state index in [-0.39, 0.29) is 24.5 Å². The van der Waals surface area contributed by atoms with Crippen molar-refractivity contribution in [1.82, 2.24) is 5.32 Å². The molecule has 2 N–H and O–H groups in total. The zero-order valence-electron chi connectivity index (χ0n) is 10.7. The lowest BCUT2D eigenvalue weighted by molar-refractivity contribution is -0.144. The highest BCUT2D eigenvalue weighted by Crippen LogP contribution is 2.26. The summed E-state index contributed by atoms with van der Waals surface area (Å²) in [5, 5.41) is 11.5. The second-order valence-electron chi connectivity index (χ2n) is 4.47. The van der Waals surface area contributed by atoms with Crippen LogP contribution in [0.5, 0.6) is 0 Å². The average Bonchev–Trinajstić information content (AvgIpc) is 2.37. The number of carbonyl (C=O) groups is 2. The highest BCUT2D eigenvalue weighted by atomic mass is 16.5. The van der Waals surface area contributed by atoms with E-state index in [2.05, 4.69) is 5.32 Å². The van der Waals surface area contributed by atoms with E-state index in [0.717, 1.165) is 0 Å². The first-order valence-electron chi connectivity index (χ1n) is 6.23. The van der Waals surface area contributed by atoms with Crippen LogP contribution < -0.4 is 5.32 Å². The molecule has 0 spiro atoms. The van der Waals surface area contributed by atoms with Crippen LogP contribution in [0.25, 0.3) is 0 Å². The molecule has 6 nitrogen and oxygen atoms in total. The van der Waals surface area contributed by atoms with Gasteiger partial charge in [0, 0.05) is 13.7 Å². The number of hydrogen-bond donors (Lipinski definition) is 2. The van der Waals surface area contributed by atoms with Gasteiger partial charge in [0.1, 0.15) is 6.61 Å². The molecule has 18 heavy (non-hydrogen) atoms. The third-order valence-corrected chi connectivity index (χ3v) is 3.10. The molecule has 0 radical (unpaired) electrons. The minimum Gasteiger partial charge on any atom is -0.481 e. The van der Waals surface area contributed by atoms with Gasteiger partial charge in [-0.3, -0.25) is 9.59 Å². The Kier molecular flexibility index (Phi) is 6.67. The molecular weight excluding hydrogens is 238 g/mol. The number of carboxylic acid groups (broad SMARTS) is 1. The zero-order valence-corrected chi connectivity index (χ0v) is 10.7. The molecule has 0 bridgehead atoms. The number of aliphatic carboxylic acids is 1. The topological polar surface area (TPSA) is 84.9 Å². The summed E-state index contributed by atoms with van der Waals surface area (Å²) in [4.78, 5) is 22.1. The Morgan fingerprint density at radius 3 is 2.50 bits per heavy atom. The highest BCUT2D eigenvalue weighted by Gasteiger charge is 2.26. The first-order chi connectivity index (χ1) is 8.63. The Bertz CT molecular complexity index is 274. The van der Waals surface area contributed by atoms with Gasteiger partial charge in [0.15, 0.2) is 0 Å². The Morgan fingerprint density at radius 2 is 1.94 bits per heavy atom. The second-order valence-corrected chi connectivity index (χ2v) is 4.47. The van der Waals surface area contributed by atoms with Gasteiger partial charge >= 0.3 is 5.97 Å². The minimum atomic E-state index is -0.731. The number of carboxylic acids is 1. The van der Waals surface area contributed by atoms with Gasteiger partial charge in [-0.05, 0) is 25.7 Å². The highest BCUT2D eigenvalue weighted by molar-refractivity contribution is 5.77. The van der Waals surface area contributed by atoms with Crippen LogP contribution in [0.2, 0.25) is 0 Å². The molecule has 1 amide bonds. The first-order valence-corrected chi connectivity index (χ1v) is 6.23. The first kappa shape index (κ1) is 14.9. The lowest BCUT2D eigenvalue weighted by Crippen LogP contribution is -2.33. The largest absolute Gasteiger partial charge is 0.481 e. The molecule has 104 valence electrons. The van der Waals surface area contributed by atoms with E-state index in [4.69, 9.17) is 14.6 Å². The quantitative estimate of drug-likeness (QED) is 0.647. The summed E-state index contributed by atoms with van der Waals surface area (Å²) < 4.78 is 10.3. The van der Waals surface area contributed by atoms with Crippen molar-refractivity contribution >= 4 is 11.9 Å². The molecule has 1 aliphatic carbocycles. The van der Waals surface area contributed by atoms with Crippen LogP contribution in [0.1, 0.15) is 25.7 Å². The van der Waals surface area contributed by atoms with Crippen molar-refractivity contribution in [2.75, 3.05) is 26.9 Å². The summed E-state index contributed by atoms with van der Waals surface area (Å²) in [5.41, 5.74) is 0. The summed E-state index contributed by atoms with van der Waals surface area (Å²) in [6.07, 6.45) is 2.69. The van der Waals surface area contributed by atoms with E-state index in [0.29, 0.717) is 38.8 Å². The van der Waals surface area contributed by atoms with Crippen LogP contribution in [0, 0.1) is 5.92 Å². The van der Waals surface area contributed by atoms with E-state index in [1.807, 2.05) is 0 Å². The number of amides is 1. The van der Waals surface area contributed by atoms with Crippen molar-refractivity contribution in [3.8, 4) is 0 Å². The minimum absolute atomic E-state index is 0.00813. The Hall–Kier alpha value is -1.14. The van der Waals surface area contributed by atoms with Crippen LogP contribution in [0.4, 0.5) is 0 Å². The number of ether oxygens (including phenoxy) is 2. The SMILES string of the molecule is COCCNC(=O)COC1CCC(C(=O)O)CC1. The van der Waals surface area contributed by atoms with Gasteiger partial charge in [0.25, 0.3) is 0 Å². The van der Waals surface area contributed by atoms with Crippen LogP contribution >= 0.6 is 0 Å². The van der Waals surface area contributed by atoms with Crippen molar-refractivity contribution in [3.05, 3.63) is 0 Å². The van der Waals surface area contributed by atoms with Gasteiger partial charge in [-0.15, -0.1) is 0 Å². The number of carbonyl (C=O) groups excluding carboxylic acids is 1. The molecule has 1 fully saturated rings. The summed E-state index contributed by atoms with van der Waals surface area (Å²) >= 11 is 0. The third kappa shape index (κ3) is 5.46. The van der Waals surface area contributed by atoms with Gasteiger partial charge < -0.3 is 19.9 Å². The molecule has 1 saturated carbocycles. The van der Waals surface area contributed by atoms with Crippen molar-refractivity contribution in [1.29, 1.82) is 0 Å². The van der Waals surface area contributed by atoms with Crippen LogP contribution in [0.15, 0.2) is 0 Å². The van der Waals surface area contributed by atoms with Gasteiger partial charge in [-0.25, -0.2) is 0 Å². The van der Waals surface area contributed by atoms with Crippen molar-refractivity contribution in [2.45, 2.75) is 31.8 Å². The summed E-state index contributed by atoms with van der Waals surface area (Å²) in [6.45, 7) is 0.992. The van der Waals surface area contributed by atoms with Gasteiger partial charge in [-0.1, -0.05) is 0 Å².